The van der Waals surface area contributed by atoms with E-state index in [1.807, 2.05) is 22.9 Å². The number of rotatable bonds is 8. The molecule has 1 heterocycles. The van der Waals surface area contributed by atoms with E-state index in [-0.39, 0.29) is 17.9 Å². The first-order valence-electron chi connectivity index (χ1n) is 9.43. The van der Waals surface area contributed by atoms with Gasteiger partial charge < -0.3 is 15.0 Å². The lowest BCUT2D eigenvalue weighted by Crippen LogP contribution is -2.27. The van der Waals surface area contributed by atoms with Gasteiger partial charge in [0.25, 0.3) is 12.3 Å². The summed E-state index contributed by atoms with van der Waals surface area (Å²) in [5.74, 6) is -1.76. The Kier molecular flexibility index (Phi) is 6.30. The summed E-state index contributed by atoms with van der Waals surface area (Å²) < 4.78 is 27.4. The fourth-order valence-electron chi connectivity index (χ4n) is 3.26. The number of nitrogens with one attached hydrogen (secondary N) is 1. The number of carbonyl (C=O) groups is 2. The number of hydrogen-bond acceptors (Lipinski definition) is 2. The number of carbonyl (C=O) groups excluding carboxylic acids is 1. The number of fused-ring (bicyclic) bond motifs is 1. The van der Waals surface area contributed by atoms with E-state index in [1.165, 1.54) is 12.1 Å². The number of alkyl halides is 2. The summed E-state index contributed by atoms with van der Waals surface area (Å²) in [5.41, 5.74) is 2.24. The van der Waals surface area contributed by atoms with Crippen LogP contribution in [-0.2, 0) is 11.3 Å². The predicted molar refractivity (Wildman–Crippen MR) is 110 cm³/mol. The summed E-state index contributed by atoms with van der Waals surface area (Å²) in [6.45, 7) is 5.88. The van der Waals surface area contributed by atoms with Crippen molar-refractivity contribution in [1.29, 1.82) is 0 Å². The van der Waals surface area contributed by atoms with Crippen LogP contribution in [-0.4, -0.2) is 21.6 Å². The largest absolute Gasteiger partial charge is 0.481 e. The van der Waals surface area contributed by atoms with Crippen molar-refractivity contribution in [2.45, 2.75) is 26.3 Å². The molecule has 3 rings (SSSR count). The van der Waals surface area contributed by atoms with Crippen LogP contribution in [0.3, 0.4) is 0 Å². The average Bonchev–Trinajstić information content (AvgIpc) is 3.10. The van der Waals surface area contributed by atoms with E-state index in [0.717, 1.165) is 10.9 Å². The molecule has 0 spiro atoms. The fraction of sp³-hybridized carbons (Fsp3) is 0.217. The number of halogens is 2. The molecule has 2 aromatic carbocycles. The van der Waals surface area contributed by atoms with Gasteiger partial charge in [0.05, 0.1) is 17.5 Å². The van der Waals surface area contributed by atoms with E-state index in [2.05, 4.69) is 11.9 Å². The van der Waals surface area contributed by atoms with Crippen molar-refractivity contribution < 1.29 is 23.5 Å². The lowest BCUT2D eigenvalue weighted by molar-refractivity contribution is -0.137. The maximum atomic E-state index is 12.9. The third-order valence-electron chi connectivity index (χ3n) is 4.97. The van der Waals surface area contributed by atoms with Crippen molar-refractivity contribution in [3.63, 3.8) is 0 Å². The first kappa shape index (κ1) is 21.2. The summed E-state index contributed by atoms with van der Waals surface area (Å²) >= 11 is 0. The fourth-order valence-corrected chi connectivity index (χ4v) is 3.26. The van der Waals surface area contributed by atoms with Gasteiger partial charge in [0.2, 0.25) is 0 Å². The van der Waals surface area contributed by atoms with Crippen molar-refractivity contribution in [1.82, 2.24) is 9.88 Å². The highest BCUT2D eigenvalue weighted by Gasteiger charge is 2.18. The minimum absolute atomic E-state index is 0.0369. The second-order valence-electron chi connectivity index (χ2n) is 7.21. The Morgan fingerprint density at radius 2 is 1.83 bits per heavy atom. The molecule has 156 valence electrons. The van der Waals surface area contributed by atoms with E-state index in [4.69, 9.17) is 5.11 Å². The third kappa shape index (κ3) is 4.74. The molecule has 0 aliphatic carbocycles. The van der Waals surface area contributed by atoms with Crippen LogP contribution in [0.15, 0.2) is 67.0 Å². The van der Waals surface area contributed by atoms with Gasteiger partial charge in [0.1, 0.15) is 0 Å². The smallest absolute Gasteiger partial charge is 0.304 e. The zero-order chi connectivity index (χ0) is 21.8. The maximum absolute atomic E-state index is 12.9. The molecule has 0 saturated heterocycles. The zero-order valence-corrected chi connectivity index (χ0v) is 16.4. The highest BCUT2D eigenvalue weighted by atomic mass is 19.3. The van der Waals surface area contributed by atoms with Gasteiger partial charge >= 0.3 is 5.97 Å². The highest BCUT2D eigenvalue weighted by molar-refractivity contribution is 6.06. The standard InChI is InChI=1S/C23H22F2N2O3/c1-14(12-20(28)29)15(2)26-23(30)19-5-3-4-17-10-11-27(21(17)19)13-16-6-8-18(9-7-16)22(24)25/h3-11,14,22H,2,12-13H2,1H3,(H,26,30)(H,28,29)/t14-/m0/s1. The molecule has 3 aromatic rings. The lowest BCUT2D eigenvalue weighted by Gasteiger charge is -2.15. The minimum atomic E-state index is -2.52. The van der Waals surface area contributed by atoms with Gasteiger partial charge in [-0.15, -0.1) is 0 Å². The molecule has 0 bridgehead atoms. The summed E-state index contributed by atoms with van der Waals surface area (Å²) in [7, 11) is 0. The Labute approximate surface area is 172 Å². The number of carboxylic acid groups (broad SMARTS) is 1. The highest BCUT2D eigenvalue weighted by Crippen LogP contribution is 2.24. The Morgan fingerprint density at radius 1 is 1.13 bits per heavy atom. The topological polar surface area (TPSA) is 71.3 Å². The van der Waals surface area contributed by atoms with Crippen LogP contribution in [0.5, 0.6) is 0 Å². The molecule has 5 nitrogen and oxygen atoms in total. The van der Waals surface area contributed by atoms with Gasteiger partial charge in [-0.2, -0.15) is 0 Å². The Morgan fingerprint density at radius 3 is 2.47 bits per heavy atom. The monoisotopic (exact) mass is 412 g/mol. The van der Waals surface area contributed by atoms with Crippen LogP contribution >= 0.6 is 0 Å². The molecule has 7 heteroatoms. The number of benzene rings is 2. The molecular formula is C23H22F2N2O3. The first-order chi connectivity index (χ1) is 14.3. The second-order valence-corrected chi connectivity index (χ2v) is 7.21. The number of aliphatic carboxylic acids is 1. The molecule has 0 fully saturated rings. The molecule has 0 aliphatic rings. The quantitative estimate of drug-likeness (QED) is 0.548. The summed E-state index contributed by atoms with van der Waals surface area (Å²) in [4.78, 5) is 23.8. The van der Waals surface area contributed by atoms with E-state index < -0.39 is 18.3 Å². The molecular weight excluding hydrogens is 390 g/mol. The third-order valence-corrected chi connectivity index (χ3v) is 4.97. The lowest BCUT2D eigenvalue weighted by atomic mass is 10.0. The summed E-state index contributed by atoms with van der Waals surface area (Å²) in [6.07, 6.45) is -0.808. The minimum Gasteiger partial charge on any atom is -0.481 e. The van der Waals surface area contributed by atoms with E-state index in [0.29, 0.717) is 23.3 Å². The number of carboxylic acids is 1. The summed E-state index contributed by atoms with van der Waals surface area (Å²) in [5, 5.41) is 12.5. The van der Waals surface area contributed by atoms with Crippen molar-refractivity contribution in [2.24, 2.45) is 5.92 Å². The van der Waals surface area contributed by atoms with Crippen molar-refractivity contribution in [2.75, 3.05) is 0 Å². The number of allylic oxidation sites excluding steroid dienone is 1. The molecule has 30 heavy (non-hydrogen) atoms. The Balaban J connectivity index is 1.86. The van der Waals surface area contributed by atoms with Gasteiger partial charge in [-0.25, -0.2) is 8.78 Å². The molecule has 2 N–H and O–H groups in total. The van der Waals surface area contributed by atoms with Gasteiger partial charge in [-0.1, -0.05) is 49.9 Å². The first-order valence-corrected chi connectivity index (χ1v) is 9.43. The van der Waals surface area contributed by atoms with Crippen LogP contribution in [0.4, 0.5) is 8.78 Å². The van der Waals surface area contributed by atoms with Crippen molar-refractivity contribution in [3.05, 3.63) is 83.7 Å². The molecule has 1 amide bonds. The second kappa shape index (κ2) is 8.90. The average molecular weight is 412 g/mol. The summed E-state index contributed by atoms with van der Waals surface area (Å²) in [6, 6.07) is 13.3. The van der Waals surface area contributed by atoms with Crippen LogP contribution < -0.4 is 5.32 Å². The van der Waals surface area contributed by atoms with E-state index >= 15 is 0 Å². The number of hydrogen-bond donors (Lipinski definition) is 2. The van der Waals surface area contributed by atoms with Gasteiger partial charge in [0, 0.05) is 35.3 Å². The van der Waals surface area contributed by atoms with Crippen molar-refractivity contribution >= 4 is 22.8 Å². The van der Waals surface area contributed by atoms with Crippen LogP contribution in [0.2, 0.25) is 0 Å². The Hall–Kier alpha value is -3.48. The van der Waals surface area contributed by atoms with Crippen LogP contribution in [0, 0.1) is 5.92 Å². The van der Waals surface area contributed by atoms with Crippen molar-refractivity contribution in [3.8, 4) is 0 Å². The van der Waals surface area contributed by atoms with Gasteiger partial charge in [-0.05, 0) is 17.7 Å². The predicted octanol–water partition coefficient (Wildman–Crippen LogP) is 4.98. The molecule has 0 aliphatic heterocycles. The van der Waals surface area contributed by atoms with E-state index in [9.17, 15) is 18.4 Å². The molecule has 1 aromatic heterocycles. The molecule has 0 saturated carbocycles. The molecule has 1 atom stereocenters. The van der Waals surface area contributed by atoms with Gasteiger partial charge in [0.15, 0.2) is 0 Å². The SMILES string of the molecule is C=C(NC(=O)c1cccc2ccn(Cc3ccc(C(F)F)cc3)c12)[C@@H](C)CC(=O)O. The number of nitrogens with zero attached hydrogens (tertiary/aromatic N) is 1. The normalized spacial score (nSPS) is 12.1. The molecule has 0 radical (unpaired) electrons. The maximum Gasteiger partial charge on any atom is 0.304 e. The zero-order valence-electron chi connectivity index (χ0n) is 16.4. The Bertz CT molecular complexity index is 1090. The van der Waals surface area contributed by atoms with E-state index in [1.54, 1.807) is 31.2 Å². The number of amides is 1. The number of aromatic nitrogens is 1. The van der Waals surface area contributed by atoms with Crippen LogP contribution in [0.1, 0.15) is 41.3 Å². The van der Waals surface area contributed by atoms with Crippen LogP contribution in [0.25, 0.3) is 10.9 Å². The number of para-hydroxylation sites is 1. The molecule has 0 unspecified atom stereocenters. The van der Waals surface area contributed by atoms with Gasteiger partial charge in [-0.3, -0.25) is 9.59 Å².